The number of methoxy groups -OCH3 is 1. The van der Waals surface area contributed by atoms with Crippen LogP contribution < -0.4 is 19.5 Å². The van der Waals surface area contributed by atoms with E-state index < -0.39 is 11.9 Å². The summed E-state index contributed by atoms with van der Waals surface area (Å²) in [7, 11) is 1.58. The minimum absolute atomic E-state index is 0.137. The number of nitrogens with zero attached hydrogens (tertiary/aromatic N) is 4. The molecule has 0 spiro atoms. The van der Waals surface area contributed by atoms with Crippen LogP contribution in [0, 0.1) is 0 Å². The summed E-state index contributed by atoms with van der Waals surface area (Å²) in [6.07, 6.45) is 3.18. The maximum Gasteiger partial charge on any atom is 0.276 e. The average molecular weight is 518 g/mol. The first kappa shape index (κ1) is 24.2. The van der Waals surface area contributed by atoms with E-state index in [0.29, 0.717) is 22.8 Å². The Morgan fingerprint density at radius 3 is 2.70 bits per heavy atom. The van der Waals surface area contributed by atoms with Gasteiger partial charge in [-0.05, 0) is 64.6 Å². The van der Waals surface area contributed by atoms with Gasteiger partial charge >= 0.3 is 0 Å². The van der Waals surface area contributed by atoms with Crippen molar-refractivity contribution in [1.82, 2.24) is 24.8 Å². The number of ether oxygens (including phenoxy) is 3. The third-order valence-corrected chi connectivity index (χ3v) is 6.32. The predicted molar refractivity (Wildman–Crippen MR) is 134 cm³/mol. The molecule has 4 aromatic rings. The molecule has 11 heteroatoms. The second-order valence-electron chi connectivity index (χ2n) is 8.16. The summed E-state index contributed by atoms with van der Waals surface area (Å²) in [6, 6.07) is 15.3. The molecule has 5 rings (SSSR count). The van der Waals surface area contributed by atoms with Crippen molar-refractivity contribution in [3.8, 4) is 17.2 Å². The normalized spacial score (nSPS) is 12.6. The van der Waals surface area contributed by atoms with Crippen molar-refractivity contribution >= 4 is 23.3 Å². The molecule has 2 aromatic carbocycles. The van der Waals surface area contributed by atoms with Crippen LogP contribution in [0.2, 0.25) is 0 Å². The third-order valence-electron chi connectivity index (χ3n) is 5.81. The second-order valence-corrected chi connectivity index (χ2v) is 8.77. The minimum Gasteiger partial charge on any atom is -0.497 e. The maximum absolute atomic E-state index is 13.7. The van der Waals surface area contributed by atoms with Crippen LogP contribution in [0.1, 0.15) is 33.2 Å². The van der Waals surface area contributed by atoms with Crippen molar-refractivity contribution in [3.63, 3.8) is 0 Å². The first-order valence-corrected chi connectivity index (χ1v) is 12.2. The van der Waals surface area contributed by atoms with Crippen LogP contribution in [0.5, 0.6) is 17.2 Å². The molecule has 188 valence electrons. The highest BCUT2D eigenvalue weighted by Gasteiger charge is 2.33. The van der Waals surface area contributed by atoms with Crippen molar-refractivity contribution in [2.45, 2.75) is 19.1 Å². The van der Waals surface area contributed by atoms with Crippen LogP contribution in [0.15, 0.2) is 72.4 Å². The van der Waals surface area contributed by atoms with Gasteiger partial charge in [-0.1, -0.05) is 22.7 Å². The molecule has 1 atom stereocenters. The fourth-order valence-corrected chi connectivity index (χ4v) is 4.44. The number of hydrogen-bond acceptors (Lipinski definition) is 9. The molecular weight excluding hydrogens is 494 g/mol. The van der Waals surface area contributed by atoms with Crippen LogP contribution in [-0.4, -0.2) is 45.2 Å². The highest BCUT2D eigenvalue weighted by Crippen LogP contribution is 2.32. The van der Waals surface area contributed by atoms with Gasteiger partial charge in [-0.25, -0.2) is 0 Å². The molecule has 3 heterocycles. The molecule has 0 saturated heterocycles. The van der Waals surface area contributed by atoms with E-state index in [9.17, 15) is 9.59 Å². The Morgan fingerprint density at radius 2 is 1.92 bits per heavy atom. The number of hydrogen-bond donors (Lipinski definition) is 1. The van der Waals surface area contributed by atoms with Crippen LogP contribution in [0.4, 0.5) is 0 Å². The van der Waals surface area contributed by atoms with Crippen molar-refractivity contribution < 1.29 is 23.8 Å². The Balaban J connectivity index is 1.46. The molecule has 1 N–H and O–H groups in total. The van der Waals surface area contributed by atoms with E-state index in [1.54, 1.807) is 43.1 Å². The van der Waals surface area contributed by atoms with E-state index in [1.165, 1.54) is 4.90 Å². The fourth-order valence-electron chi connectivity index (χ4n) is 4.01. The maximum atomic E-state index is 13.7. The highest BCUT2D eigenvalue weighted by atomic mass is 32.1. The molecular formula is C26H23N5O5S. The van der Waals surface area contributed by atoms with Gasteiger partial charge in [0.15, 0.2) is 17.2 Å². The van der Waals surface area contributed by atoms with Crippen molar-refractivity contribution in [1.29, 1.82) is 0 Å². The molecule has 1 aliphatic rings. The lowest BCUT2D eigenvalue weighted by Gasteiger charge is -2.31. The minimum atomic E-state index is -0.961. The molecule has 0 unspecified atom stereocenters. The number of amides is 2. The largest absolute Gasteiger partial charge is 0.497 e. The van der Waals surface area contributed by atoms with Gasteiger partial charge in [-0.15, -0.1) is 5.10 Å². The first-order valence-electron chi connectivity index (χ1n) is 11.4. The summed E-state index contributed by atoms with van der Waals surface area (Å²) < 4.78 is 20.0. The number of benzene rings is 2. The molecule has 0 bridgehead atoms. The molecule has 10 nitrogen and oxygen atoms in total. The van der Waals surface area contributed by atoms with Crippen LogP contribution in [0.3, 0.4) is 0 Å². The zero-order valence-electron chi connectivity index (χ0n) is 19.9. The van der Waals surface area contributed by atoms with Gasteiger partial charge < -0.3 is 24.4 Å². The van der Waals surface area contributed by atoms with Gasteiger partial charge in [-0.3, -0.25) is 14.6 Å². The lowest BCUT2D eigenvalue weighted by Crippen LogP contribution is -2.43. The topological polar surface area (TPSA) is 116 Å². The summed E-state index contributed by atoms with van der Waals surface area (Å²) in [5, 5.41) is 8.49. The summed E-state index contributed by atoms with van der Waals surface area (Å²) in [5.74, 6) is 1.16. The fraction of sp³-hybridized carbons (Fsp3) is 0.192. The first-order chi connectivity index (χ1) is 18.1. The number of carbonyl (C=O) groups is 2. The van der Waals surface area contributed by atoms with Crippen molar-refractivity contribution in [2.24, 2.45) is 0 Å². The van der Waals surface area contributed by atoms with Gasteiger partial charge in [0.2, 0.25) is 12.7 Å². The van der Waals surface area contributed by atoms with E-state index in [1.807, 2.05) is 36.4 Å². The van der Waals surface area contributed by atoms with Crippen LogP contribution in [-0.2, 0) is 17.9 Å². The molecule has 1 aliphatic heterocycles. The Morgan fingerprint density at radius 1 is 1.08 bits per heavy atom. The number of pyridine rings is 1. The zero-order chi connectivity index (χ0) is 25.6. The Bertz CT molecular complexity index is 1380. The van der Waals surface area contributed by atoms with Gasteiger partial charge in [0.25, 0.3) is 5.91 Å². The molecule has 0 saturated carbocycles. The van der Waals surface area contributed by atoms with Crippen molar-refractivity contribution in [2.75, 3.05) is 13.9 Å². The molecule has 2 amide bonds. The van der Waals surface area contributed by atoms with Crippen LogP contribution >= 0.6 is 11.5 Å². The van der Waals surface area contributed by atoms with E-state index in [-0.39, 0.29) is 31.5 Å². The molecule has 2 aromatic heterocycles. The number of aromatic nitrogens is 3. The van der Waals surface area contributed by atoms with E-state index in [2.05, 4.69) is 19.9 Å². The predicted octanol–water partition coefficient (Wildman–Crippen LogP) is 3.37. The van der Waals surface area contributed by atoms with E-state index in [4.69, 9.17) is 14.2 Å². The highest BCUT2D eigenvalue weighted by molar-refractivity contribution is 7.03. The molecule has 0 fully saturated rings. The second kappa shape index (κ2) is 11.0. The van der Waals surface area contributed by atoms with Gasteiger partial charge in [-0.2, -0.15) is 0 Å². The lowest BCUT2D eigenvalue weighted by molar-refractivity contribution is -0.126. The monoisotopic (exact) mass is 517 g/mol. The number of rotatable bonds is 9. The quantitative estimate of drug-likeness (QED) is 0.359. The molecule has 37 heavy (non-hydrogen) atoms. The third kappa shape index (κ3) is 5.51. The summed E-state index contributed by atoms with van der Waals surface area (Å²) >= 11 is 1.07. The lowest BCUT2D eigenvalue weighted by atomic mass is 10.0. The summed E-state index contributed by atoms with van der Waals surface area (Å²) in [4.78, 5) is 33.0. The Hall–Kier alpha value is -4.51. The van der Waals surface area contributed by atoms with Crippen LogP contribution in [0.25, 0.3) is 0 Å². The number of carbonyl (C=O) groups excluding carboxylic acids is 2. The molecule has 0 aliphatic carbocycles. The summed E-state index contributed by atoms with van der Waals surface area (Å²) in [5.41, 5.74) is 2.40. The Kier molecular flexibility index (Phi) is 7.22. The average Bonchev–Trinajstić information content (AvgIpc) is 3.64. The standard InChI is InChI=1S/C26H23N5O5S/c1-34-20-4-2-3-18(11-20)14-31(26(33)21-15-37-30-29-21)24(19-7-9-27-10-8-19)25(32)28-13-17-5-6-22-23(12-17)36-16-35-22/h2-12,15,24H,13-14,16H2,1H3,(H,28,32)/t24-/m0/s1. The summed E-state index contributed by atoms with van der Waals surface area (Å²) in [6.45, 7) is 0.538. The van der Waals surface area contributed by atoms with Gasteiger partial charge in [0, 0.05) is 30.9 Å². The van der Waals surface area contributed by atoms with E-state index >= 15 is 0 Å². The SMILES string of the molecule is COc1cccc(CN(C(=O)c2csnn2)[C@H](C(=O)NCc2ccc3c(c2)OCO3)c2ccncc2)c1. The van der Waals surface area contributed by atoms with E-state index in [0.717, 1.165) is 22.7 Å². The smallest absolute Gasteiger partial charge is 0.276 e. The number of fused-ring (bicyclic) bond motifs is 1. The zero-order valence-corrected chi connectivity index (χ0v) is 20.7. The van der Waals surface area contributed by atoms with Gasteiger partial charge in [0.05, 0.1) is 7.11 Å². The molecule has 0 radical (unpaired) electrons. The Labute approximate surface area is 217 Å². The number of nitrogens with one attached hydrogen (secondary N) is 1. The van der Waals surface area contributed by atoms with Crippen molar-refractivity contribution in [3.05, 3.63) is 94.8 Å². The van der Waals surface area contributed by atoms with Gasteiger partial charge in [0.1, 0.15) is 11.8 Å².